The van der Waals surface area contributed by atoms with E-state index in [1.165, 1.54) is 69.7 Å². The van der Waals surface area contributed by atoms with Gasteiger partial charge in [-0.05, 0) is 118 Å². The molecule has 5 aromatic rings. The molecule has 0 N–H and O–H groups in total. The maximum Gasteiger partial charge on any atom is 0.114 e. The lowest BCUT2D eigenvalue weighted by molar-refractivity contribution is 0.346. The molecule has 250 valence electrons. The van der Waals surface area contributed by atoms with Crippen molar-refractivity contribution in [1.29, 1.82) is 0 Å². The molecule has 0 aromatic heterocycles. The highest BCUT2D eigenvalue weighted by molar-refractivity contribution is 5.77. The first kappa shape index (κ1) is 33.2. The summed E-state index contributed by atoms with van der Waals surface area (Å²) in [6.45, 7) is 8.59. The van der Waals surface area contributed by atoms with Crippen molar-refractivity contribution < 1.29 is 0 Å². The van der Waals surface area contributed by atoms with Crippen LogP contribution in [0.25, 0.3) is 0 Å². The van der Waals surface area contributed by atoms with Gasteiger partial charge in [0.1, 0.15) is 6.04 Å². The summed E-state index contributed by atoms with van der Waals surface area (Å²) in [5.41, 5.74) is 13.7. The van der Waals surface area contributed by atoms with Crippen LogP contribution in [0.5, 0.6) is 0 Å². The third-order valence-corrected chi connectivity index (χ3v) is 10.6. The van der Waals surface area contributed by atoms with Gasteiger partial charge in [0.05, 0.1) is 0 Å². The largest absolute Gasteiger partial charge is 0.324 e. The molecule has 5 aromatic carbocycles. The standard InChI is InChI=1S/C48H48N2/c1-36-10-6-7-11-42(23-12-36)49(43-24-13-37(2)14-25-43)46-30-19-40(20-31-46)48(34-8-5-9-35-48)41-21-32-47(33-22-41)50(44-26-15-38(3)16-27-44)45-28-17-39(4)18-29-45/h10,12-33,42H,5-6,8-9,34-35H2,1-4H3/b23-12-,36-10-/t42-/m1/s1. The molecule has 0 spiro atoms. The van der Waals surface area contributed by atoms with Gasteiger partial charge in [0, 0.05) is 40.3 Å². The number of rotatable bonds is 8. The topological polar surface area (TPSA) is 6.48 Å². The fourth-order valence-corrected chi connectivity index (χ4v) is 7.67. The zero-order valence-electron chi connectivity index (χ0n) is 30.0. The Bertz CT molecular complexity index is 1970. The summed E-state index contributed by atoms with van der Waals surface area (Å²) in [6, 6.07) is 45.4. The lowest BCUT2D eigenvalue weighted by Gasteiger charge is -2.39. The van der Waals surface area contributed by atoms with Gasteiger partial charge < -0.3 is 9.80 Å². The molecule has 2 aliphatic rings. The minimum absolute atomic E-state index is 0.00953. The second kappa shape index (κ2) is 14.7. The van der Waals surface area contributed by atoms with Crippen LogP contribution in [0.3, 0.4) is 0 Å². The quantitative estimate of drug-likeness (QED) is 0.154. The molecule has 7 rings (SSSR count). The van der Waals surface area contributed by atoms with Crippen molar-refractivity contribution in [2.45, 2.75) is 77.7 Å². The molecular weight excluding hydrogens is 605 g/mol. The zero-order chi connectivity index (χ0) is 34.5. The molecular formula is C48H48N2. The molecule has 0 bridgehead atoms. The van der Waals surface area contributed by atoms with Crippen molar-refractivity contribution in [3.8, 4) is 11.8 Å². The molecule has 1 fully saturated rings. The van der Waals surface area contributed by atoms with Crippen LogP contribution in [0.2, 0.25) is 0 Å². The van der Waals surface area contributed by atoms with Crippen molar-refractivity contribution in [2.24, 2.45) is 0 Å². The Morgan fingerprint density at radius 3 is 1.42 bits per heavy atom. The predicted molar refractivity (Wildman–Crippen MR) is 213 cm³/mol. The van der Waals surface area contributed by atoms with Crippen LogP contribution in [0, 0.1) is 32.6 Å². The van der Waals surface area contributed by atoms with Crippen molar-refractivity contribution in [3.05, 3.63) is 173 Å². The number of anilines is 5. The van der Waals surface area contributed by atoms with E-state index in [-0.39, 0.29) is 11.5 Å². The average molecular weight is 653 g/mol. The molecule has 0 radical (unpaired) electrons. The van der Waals surface area contributed by atoms with Gasteiger partial charge in [-0.3, -0.25) is 0 Å². The first-order valence-corrected chi connectivity index (χ1v) is 18.2. The number of allylic oxidation sites excluding steroid dienone is 3. The van der Waals surface area contributed by atoms with E-state index >= 15 is 0 Å². The van der Waals surface area contributed by atoms with E-state index in [0.29, 0.717) is 0 Å². The average Bonchev–Trinajstić information content (AvgIpc) is 3.14. The number of aryl methyl sites for hydroxylation is 3. The van der Waals surface area contributed by atoms with Gasteiger partial charge in [-0.1, -0.05) is 126 Å². The van der Waals surface area contributed by atoms with Crippen LogP contribution in [0.4, 0.5) is 28.4 Å². The van der Waals surface area contributed by atoms with Crippen molar-refractivity contribution in [3.63, 3.8) is 0 Å². The second-order valence-electron chi connectivity index (χ2n) is 14.2. The number of hydrogen-bond acceptors (Lipinski definition) is 2. The van der Waals surface area contributed by atoms with Crippen molar-refractivity contribution >= 4 is 28.4 Å². The van der Waals surface area contributed by atoms with Gasteiger partial charge in [-0.2, -0.15) is 0 Å². The van der Waals surface area contributed by atoms with Crippen molar-refractivity contribution in [1.82, 2.24) is 0 Å². The third kappa shape index (κ3) is 7.05. The van der Waals surface area contributed by atoms with Crippen LogP contribution >= 0.6 is 0 Å². The first-order chi connectivity index (χ1) is 24.4. The van der Waals surface area contributed by atoms with Crippen LogP contribution in [0.1, 0.15) is 73.3 Å². The molecule has 0 heterocycles. The third-order valence-electron chi connectivity index (χ3n) is 10.6. The van der Waals surface area contributed by atoms with E-state index in [2.05, 4.69) is 189 Å². The fourth-order valence-electron chi connectivity index (χ4n) is 7.67. The van der Waals surface area contributed by atoms with Crippen molar-refractivity contribution in [2.75, 3.05) is 9.80 Å². The highest BCUT2D eigenvalue weighted by atomic mass is 15.2. The Hall–Kier alpha value is -5.26. The fraction of sp³-hybridized carbons (Fsp3) is 0.250. The van der Waals surface area contributed by atoms with Gasteiger partial charge in [0.2, 0.25) is 0 Å². The SMILES string of the molecule is CC1=C/CC#C[C@@H](N(c2ccc(C)cc2)c2ccc(C3(c4ccc(N(c5ccc(C)cc5)c5ccc(C)cc5)cc4)CCCCC3)cc2)/C=C\1. The molecule has 50 heavy (non-hydrogen) atoms. The minimum atomic E-state index is -0.0478. The van der Waals surface area contributed by atoms with E-state index in [4.69, 9.17) is 0 Å². The van der Waals surface area contributed by atoms with E-state index in [1.807, 2.05) is 0 Å². The number of benzene rings is 5. The Morgan fingerprint density at radius 2 is 0.940 bits per heavy atom. The molecule has 0 saturated heterocycles. The van der Waals surface area contributed by atoms with Gasteiger partial charge in [-0.25, -0.2) is 0 Å². The van der Waals surface area contributed by atoms with E-state index in [1.54, 1.807) is 0 Å². The van der Waals surface area contributed by atoms with E-state index in [9.17, 15) is 0 Å². The van der Waals surface area contributed by atoms with E-state index in [0.717, 1.165) is 30.6 Å². The summed E-state index contributed by atoms with van der Waals surface area (Å²) in [5.74, 6) is 6.95. The normalized spacial score (nSPS) is 18.4. The Labute approximate surface area is 299 Å². The summed E-state index contributed by atoms with van der Waals surface area (Å²) >= 11 is 0. The van der Waals surface area contributed by atoms with Crippen LogP contribution in [0.15, 0.2) is 145 Å². The molecule has 1 saturated carbocycles. The van der Waals surface area contributed by atoms with Gasteiger partial charge >= 0.3 is 0 Å². The second-order valence-corrected chi connectivity index (χ2v) is 14.2. The Morgan fingerprint density at radius 1 is 0.520 bits per heavy atom. The highest BCUT2D eigenvalue weighted by Crippen LogP contribution is 2.46. The zero-order valence-corrected chi connectivity index (χ0v) is 30.0. The number of hydrogen-bond donors (Lipinski definition) is 0. The molecule has 0 aliphatic heterocycles. The summed E-state index contributed by atoms with van der Waals surface area (Å²) in [5, 5.41) is 0. The van der Waals surface area contributed by atoms with Gasteiger partial charge in [0.15, 0.2) is 0 Å². The monoisotopic (exact) mass is 652 g/mol. The number of nitrogens with zero attached hydrogens (tertiary/aromatic N) is 2. The molecule has 0 unspecified atom stereocenters. The molecule has 2 aliphatic carbocycles. The Kier molecular flexibility index (Phi) is 9.77. The van der Waals surface area contributed by atoms with Crippen LogP contribution < -0.4 is 9.80 Å². The van der Waals surface area contributed by atoms with Gasteiger partial charge in [0.25, 0.3) is 0 Å². The maximum atomic E-state index is 3.55. The minimum Gasteiger partial charge on any atom is -0.324 e. The van der Waals surface area contributed by atoms with Crippen LogP contribution in [-0.4, -0.2) is 6.04 Å². The van der Waals surface area contributed by atoms with Crippen LogP contribution in [-0.2, 0) is 5.41 Å². The Balaban J connectivity index is 1.25. The summed E-state index contributed by atoms with van der Waals surface area (Å²) < 4.78 is 0. The summed E-state index contributed by atoms with van der Waals surface area (Å²) in [6.07, 6.45) is 13.5. The summed E-state index contributed by atoms with van der Waals surface area (Å²) in [7, 11) is 0. The smallest absolute Gasteiger partial charge is 0.114 e. The molecule has 0 amide bonds. The maximum absolute atomic E-state index is 3.55. The molecule has 2 heteroatoms. The van der Waals surface area contributed by atoms with Gasteiger partial charge in [-0.15, -0.1) is 0 Å². The molecule has 2 nitrogen and oxygen atoms in total. The highest BCUT2D eigenvalue weighted by Gasteiger charge is 2.36. The summed E-state index contributed by atoms with van der Waals surface area (Å²) in [4.78, 5) is 4.76. The first-order valence-electron chi connectivity index (χ1n) is 18.2. The van der Waals surface area contributed by atoms with E-state index < -0.39 is 0 Å². The predicted octanol–water partition coefficient (Wildman–Crippen LogP) is 12.7. The molecule has 1 atom stereocenters. The lowest BCUT2D eigenvalue weighted by atomic mass is 9.65. The lowest BCUT2D eigenvalue weighted by Crippen LogP contribution is -2.31.